The normalized spacial score (nSPS) is 10.2. The van der Waals surface area contributed by atoms with Crippen molar-refractivity contribution in [3.8, 4) is 0 Å². The second kappa shape index (κ2) is 5.55. The fourth-order valence-corrected chi connectivity index (χ4v) is 1.42. The molecule has 0 aliphatic heterocycles. The molecule has 1 amide bonds. The number of hydrogen-bond acceptors (Lipinski definition) is 2. The third-order valence-corrected chi connectivity index (χ3v) is 2.24. The van der Waals surface area contributed by atoms with Crippen LogP contribution in [0.3, 0.4) is 0 Å². The van der Waals surface area contributed by atoms with Gasteiger partial charge in [-0.15, -0.1) is 0 Å². The summed E-state index contributed by atoms with van der Waals surface area (Å²) >= 11 is 0. The van der Waals surface area contributed by atoms with E-state index in [1.165, 1.54) is 11.0 Å². The van der Waals surface area contributed by atoms with Gasteiger partial charge in [0.1, 0.15) is 17.2 Å². The molecule has 5 heteroatoms. The third-order valence-electron chi connectivity index (χ3n) is 2.24. The van der Waals surface area contributed by atoms with Crippen LogP contribution in [0.25, 0.3) is 0 Å². The van der Waals surface area contributed by atoms with Crippen LogP contribution >= 0.6 is 0 Å². The summed E-state index contributed by atoms with van der Waals surface area (Å²) in [4.78, 5) is 13.1. The number of nitrogens with two attached hydrogens (primary N) is 1. The van der Waals surface area contributed by atoms with Crippen LogP contribution in [0.5, 0.6) is 0 Å². The van der Waals surface area contributed by atoms with Gasteiger partial charge in [-0.25, -0.2) is 8.78 Å². The van der Waals surface area contributed by atoms with Crippen LogP contribution in [0.4, 0.5) is 8.78 Å². The first-order chi connectivity index (χ1) is 7.61. The van der Waals surface area contributed by atoms with Gasteiger partial charge in [-0.05, 0) is 19.1 Å². The summed E-state index contributed by atoms with van der Waals surface area (Å²) in [6, 6.07) is 3.35. The first kappa shape index (κ1) is 12.6. The smallest absolute Gasteiger partial charge is 0.259 e. The van der Waals surface area contributed by atoms with E-state index >= 15 is 0 Å². The molecule has 16 heavy (non-hydrogen) atoms. The average Bonchev–Trinajstić information content (AvgIpc) is 2.25. The second-order valence-electron chi connectivity index (χ2n) is 3.27. The van der Waals surface area contributed by atoms with Gasteiger partial charge in [0, 0.05) is 19.6 Å². The summed E-state index contributed by atoms with van der Waals surface area (Å²) in [5.74, 6) is -2.36. The lowest BCUT2D eigenvalue weighted by atomic mass is 10.1. The maximum atomic E-state index is 13.3. The molecular weight excluding hydrogens is 214 g/mol. The summed E-state index contributed by atoms with van der Waals surface area (Å²) in [5, 5.41) is 0. The zero-order valence-electron chi connectivity index (χ0n) is 9.04. The molecule has 0 unspecified atom stereocenters. The van der Waals surface area contributed by atoms with Gasteiger partial charge in [0.15, 0.2) is 0 Å². The average molecular weight is 228 g/mol. The highest BCUT2D eigenvalue weighted by Crippen LogP contribution is 2.14. The summed E-state index contributed by atoms with van der Waals surface area (Å²) in [7, 11) is 0. The number of hydrogen-bond donors (Lipinski definition) is 1. The fourth-order valence-electron chi connectivity index (χ4n) is 1.42. The molecular formula is C11H14F2N2O. The summed E-state index contributed by atoms with van der Waals surface area (Å²) in [6.45, 7) is 2.63. The highest BCUT2D eigenvalue weighted by atomic mass is 19.1. The minimum atomic E-state index is -0.847. The van der Waals surface area contributed by atoms with Crippen molar-refractivity contribution in [3.63, 3.8) is 0 Å². The van der Waals surface area contributed by atoms with E-state index in [1.54, 1.807) is 6.92 Å². The molecule has 0 radical (unpaired) electrons. The van der Waals surface area contributed by atoms with Crippen molar-refractivity contribution in [2.75, 3.05) is 19.6 Å². The van der Waals surface area contributed by atoms with E-state index in [9.17, 15) is 13.6 Å². The van der Waals surface area contributed by atoms with Gasteiger partial charge in [-0.3, -0.25) is 4.79 Å². The van der Waals surface area contributed by atoms with Crippen LogP contribution in [-0.2, 0) is 0 Å². The first-order valence-corrected chi connectivity index (χ1v) is 5.05. The third kappa shape index (κ3) is 2.55. The highest BCUT2D eigenvalue weighted by Gasteiger charge is 2.21. The number of likely N-dealkylation sites (N-methyl/N-ethyl adjacent to an activating group) is 1. The van der Waals surface area contributed by atoms with Crippen molar-refractivity contribution >= 4 is 5.91 Å². The molecule has 1 aromatic rings. The molecule has 0 atom stereocenters. The van der Waals surface area contributed by atoms with Crippen LogP contribution in [0.2, 0.25) is 0 Å². The molecule has 88 valence electrons. The summed E-state index contributed by atoms with van der Waals surface area (Å²) in [6.07, 6.45) is 0. The number of rotatable bonds is 4. The zero-order valence-corrected chi connectivity index (χ0v) is 9.04. The SMILES string of the molecule is CCN(CCN)C(=O)c1c(F)cccc1F. The van der Waals surface area contributed by atoms with Gasteiger partial charge in [-0.1, -0.05) is 6.07 Å². The van der Waals surface area contributed by atoms with Gasteiger partial charge in [0.05, 0.1) is 0 Å². The Morgan fingerprint density at radius 2 is 1.94 bits per heavy atom. The predicted octanol–water partition coefficient (Wildman–Crippen LogP) is 1.39. The van der Waals surface area contributed by atoms with Crippen molar-refractivity contribution in [2.45, 2.75) is 6.92 Å². The largest absolute Gasteiger partial charge is 0.337 e. The molecule has 1 rings (SSSR count). The minimum absolute atomic E-state index is 0.260. The topological polar surface area (TPSA) is 46.3 Å². The van der Waals surface area contributed by atoms with Gasteiger partial charge >= 0.3 is 0 Å². The van der Waals surface area contributed by atoms with Crippen molar-refractivity contribution < 1.29 is 13.6 Å². The first-order valence-electron chi connectivity index (χ1n) is 5.05. The number of carbonyl (C=O) groups is 1. The molecule has 0 spiro atoms. The van der Waals surface area contributed by atoms with E-state index in [-0.39, 0.29) is 13.1 Å². The van der Waals surface area contributed by atoms with E-state index in [2.05, 4.69) is 0 Å². The standard InChI is InChI=1S/C11H14F2N2O/c1-2-15(7-6-14)11(16)10-8(12)4-3-5-9(10)13/h3-5H,2,6-7,14H2,1H3. The Kier molecular flexibility index (Phi) is 4.37. The van der Waals surface area contributed by atoms with Crippen LogP contribution in [0.15, 0.2) is 18.2 Å². The molecule has 0 aromatic heterocycles. The minimum Gasteiger partial charge on any atom is -0.337 e. The monoisotopic (exact) mass is 228 g/mol. The van der Waals surface area contributed by atoms with Crippen LogP contribution in [0, 0.1) is 11.6 Å². The van der Waals surface area contributed by atoms with Crippen LogP contribution < -0.4 is 5.73 Å². The van der Waals surface area contributed by atoms with Gasteiger partial charge in [0.2, 0.25) is 0 Å². The number of nitrogens with zero attached hydrogens (tertiary/aromatic N) is 1. The van der Waals surface area contributed by atoms with Gasteiger partial charge < -0.3 is 10.6 Å². The van der Waals surface area contributed by atoms with E-state index in [4.69, 9.17) is 5.73 Å². The fraction of sp³-hybridized carbons (Fsp3) is 0.364. The molecule has 0 aliphatic carbocycles. The molecule has 0 heterocycles. The van der Waals surface area contributed by atoms with Crippen molar-refractivity contribution in [3.05, 3.63) is 35.4 Å². The van der Waals surface area contributed by atoms with E-state index in [0.29, 0.717) is 6.54 Å². The second-order valence-corrected chi connectivity index (χ2v) is 3.27. The van der Waals surface area contributed by atoms with Crippen molar-refractivity contribution in [2.24, 2.45) is 5.73 Å². The van der Waals surface area contributed by atoms with Crippen LogP contribution in [0.1, 0.15) is 17.3 Å². The van der Waals surface area contributed by atoms with Gasteiger partial charge in [0.25, 0.3) is 5.91 Å². The molecule has 2 N–H and O–H groups in total. The molecule has 0 aliphatic rings. The van der Waals surface area contributed by atoms with Gasteiger partial charge in [-0.2, -0.15) is 0 Å². The Bertz CT molecular complexity index is 362. The lowest BCUT2D eigenvalue weighted by Gasteiger charge is -2.20. The summed E-state index contributed by atoms with van der Waals surface area (Å²) in [5.41, 5.74) is 4.80. The lowest BCUT2D eigenvalue weighted by Crippen LogP contribution is -2.36. The Labute approximate surface area is 92.8 Å². The molecule has 1 aromatic carbocycles. The van der Waals surface area contributed by atoms with E-state index in [1.807, 2.05) is 0 Å². The summed E-state index contributed by atoms with van der Waals surface area (Å²) < 4.78 is 26.6. The molecule has 0 saturated carbocycles. The predicted molar refractivity (Wildman–Crippen MR) is 57.0 cm³/mol. The Morgan fingerprint density at radius 1 is 1.38 bits per heavy atom. The highest BCUT2D eigenvalue weighted by molar-refractivity contribution is 5.94. The molecule has 3 nitrogen and oxygen atoms in total. The number of benzene rings is 1. The van der Waals surface area contributed by atoms with E-state index < -0.39 is 23.1 Å². The maximum Gasteiger partial charge on any atom is 0.259 e. The quantitative estimate of drug-likeness (QED) is 0.846. The van der Waals surface area contributed by atoms with E-state index in [0.717, 1.165) is 12.1 Å². The Balaban J connectivity index is 3.03. The maximum absolute atomic E-state index is 13.3. The van der Waals surface area contributed by atoms with Crippen molar-refractivity contribution in [1.29, 1.82) is 0 Å². The molecule has 0 saturated heterocycles. The molecule has 0 fully saturated rings. The Hall–Kier alpha value is -1.49. The Morgan fingerprint density at radius 3 is 2.38 bits per heavy atom. The van der Waals surface area contributed by atoms with Crippen molar-refractivity contribution in [1.82, 2.24) is 4.90 Å². The number of amides is 1. The van der Waals surface area contributed by atoms with Crippen LogP contribution in [-0.4, -0.2) is 30.4 Å². The lowest BCUT2D eigenvalue weighted by molar-refractivity contribution is 0.0759. The molecule has 0 bridgehead atoms. The number of carbonyl (C=O) groups excluding carboxylic acids is 1. The number of halogens is 2. The zero-order chi connectivity index (χ0) is 12.1.